The summed E-state index contributed by atoms with van der Waals surface area (Å²) in [6.45, 7) is 3.29. The molecule has 1 saturated heterocycles. The Balaban J connectivity index is 1.32. The molecule has 1 N–H and O–H groups in total. The first-order chi connectivity index (χ1) is 13.2. The molecule has 1 aromatic carbocycles. The number of nitrogens with zero attached hydrogens (tertiary/aromatic N) is 1. The van der Waals surface area contributed by atoms with Gasteiger partial charge in [0.2, 0.25) is 5.91 Å². The summed E-state index contributed by atoms with van der Waals surface area (Å²) < 4.78 is 11.2. The first-order valence-corrected chi connectivity index (χ1v) is 9.92. The SMILES string of the molecule is O=C(CN(Cc1ccco1)CC1CCCO1)NCC1(c2ccccc2)CC1. The van der Waals surface area contributed by atoms with E-state index in [2.05, 4.69) is 34.5 Å². The monoisotopic (exact) mass is 368 g/mol. The molecule has 0 bridgehead atoms. The lowest BCUT2D eigenvalue weighted by Gasteiger charge is -2.24. The predicted molar refractivity (Wildman–Crippen MR) is 103 cm³/mol. The summed E-state index contributed by atoms with van der Waals surface area (Å²) in [5, 5.41) is 3.17. The first kappa shape index (κ1) is 18.3. The van der Waals surface area contributed by atoms with Gasteiger partial charge in [0.25, 0.3) is 0 Å². The van der Waals surface area contributed by atoms with Crippen molar-refractivity contribution >= 4 is 5.91 Å². The minimum absolute atomic E-state index is 0.0711. The topological polar surface area (TPSA) is 54.7 Å². The number of ether oxygens (including phenoxy) is 1. The van der Waals surface area contributed by atoms with Crippen LogP contribution in [0.3, 0.4) is 0 Å². The van der Waals surface area contributed by atoms with Gasteiger partial charge < -0.3 is 14.5 Å². The molecule has 5 heteroatoms. The Labute approximate surface area is 160 Å². The van der Waals surface area contributed by atoms with Crippen molar-refractivity contribution in [3.63, 3.8) is 0 Å². The first-order valence-electron chi connectivity index (χ1n) is 9.92. The van der Waals surface area contributed by atoms with Crippen molar-refractivity contribution in [2.45, 2.75) is 43.7 Å². The van der Waals surface area contributed by atoms with Crippen molar-refractivity contribution in [1.29, 1.82) is 0 Å². The van der Waals surface area contributed by atoms with Gasteiger partial charge in [-0.15, -0.1) is 0 Å². The van der Waals surface area contributed by atoms with Gasteiger partial charge in [0.1, 0.15) is 5.76 Å². The van der Waals surface area contributed by atoms with Crippen molar-refractivity contribution < 1.29 is 13.9 Å². The molecule has 2 heterocycles. The maximum atomic E-state index is 12.6. The fraction of sp³-hybridized carbons (Fsp3) is 0.500. The molecular weight excluding hydrogens is 340 g/mol. The van der Waals surface area contributed by atoms with Crippen LogP contribution in [0.4, 0.5) is 0 Å². The number of furan rings is 1. The van der Waals surface area contributed by atoms with Crippen LogP contribution in [0.2, 0.25) is 0 Å². The Morgan fingerprint density at radius 1 is 1.19 bits per heavy atom. The summed E-state index contributed by atoms with van der Waals surface area (Å²) in [4.78, 5) is 14.8. The molecule has 0 radical (unpaired) electrons. The van der Waals surface area contributed by atoms with Gasteiger partial charge in [0.05, 0.1) is 25.5 Å². The zero-order chi connectivity index (χ0) is 18.5. The van der Waals surface area contributed by atoms with E-state index in [-0.39, 0.29) is 17.4 Å². The van der Waals surface area contributed by atoms with E-state index in [0.29, 0.717) is 19.6 Å². The minimum Gasteiger partial charge on any atom is -0.468 e. The Kier molecular flexibility index (Phi) is 5.60. The van der Waals surface area contributed by atoms with Crippen LogP contribution in [0.15, 0.2) is 53.1 Å². The van der Waals surface area contributed by atoms with Crippen molar-refractivity contribution in [2.24, 2.45) is 0 Å². The highest BCUT2D eigenvalue weighted by molar-refractivity contribution is 5.78. The molecule has 1 aliphatic heterocycles. The lowest BCUT2D eigenvalue weighted by molar-refractivity contribution is -0.122. The van der Waals surface area contributed by atoms with E-state index < -0.39 is 0 Å². The molecule has 2 aromatic rings. The van der Waals surface area contributed by atoms with Crippen LogP contribution >= 0.6 is 0 Å². The highest BCUT2D eigenvalue weighted by Gasteiger charge is 2.44. The number of rotatable bonds is 9. The summed E-state index contributed by atoms with van der Waals surface area (Å²) in [6, 6.07) is 14.4. The predicted octanol–water partition coefficient (Wildman–Crippen LogP) is 3.11. The largest absolute Gasteiger partial charge is 0.468 e. The Bertz CT molecular complexity index is 719. The van der Waals surface area contributed by atoms with Crippen molar-refractivity contribution in [2.75, 3.05) is 26.2 Å². The summed E-state index contributed by atoms with van der Waals surface area (Å²) in [5.74, 6) is 0.950. The van der Waals surface area contributed by atoms with Crippen LogP contribution in [0.5, 0.6) is 0 Å². The molecule has 2 fully saturated rings. The number of carbonyl (C=O) groups is 1. The van der Waals surface area contributed by atoms with Crippen molar-refractivity contribution in [3.8, 4) is 0 Å². The Morgan fingerprint density at radius 2 is 2.04 bits per heavy atom. The summed E-state index contributed by atoms with van der Waals surface area (Å²) in [6.07, 6.45) is 6.34. The number of amides is 1. The van der Waals surface area contributed by atoms with Crippen LogP contribution in [-0.4, -0.2) is 43.2 Å². The number of nitrogens with one attached hydrogen (secondary N) is 1. The maximum Gasteiger partial charge on any atom is 0.234 e. The molecule has 1 unspecified atom stereocenters. The second-order valence-corrected chi connectivity index (χ2v) is 7.81. The maximum absolute atomic E-state index is 12.6. The number of carbonyl (C=O) groups excluding carboxylic acids is 1. The van der Waals surface area contributed by atoms with Crippen LogP contribution < -0.4 is 5.32 Å². The van der Waals surface area contributed by atoms with Gasteiger partial charge in [0.15, 0.2) is 0 Å². The van der Waals surface area contributed by atoms with Gasteiger partial charge in [-0.1, -0.05) is 30.3 Å². The number of benzene rings is 1. The smallest absolute Gasteiger partial charge is 0.234 e. The molecule has 1 saturated carbocycles. The molecule has 1 atom stereocenters. The minimum atomic E-state index is 0.0711. The summed E-state index contributed by atoms with van der Waals surface area (Å²) in [7, 11) is 0. The lowest BCUT2D eigenvalue weighted by atomic mass is 9.96. The van der Waals surface area contributed by atoms with Crippen LogP contribution in [0.25, 0.3) is 0 Å². The molecule has 144 valence electrons. The third-order valence-corrected chi connectivity index (χ3v) is 5.68. The van der Waals surface area contributed by atoms with Gasteiger partial charge in [0, 0.05) is 25.1 Å². The number of hydrogen-bond acceptors (Lipinski definition) is 4. The molecule has 27 heavy (non-hydrogen) atoms. The molecular formula is C22H28N2O3. The molecule has 4 rings (SSSR count). The van der Waals surface area contributed by atoms with Gasteiger partial charge in [-0.05, 0) is 43.4 Å². The van der Waals surface area contributed by atoms with Crippen LogP contribution in [0.1, 0.15) is 37.0 Å². The second kappa shape index (κ2) is 8.28. The zero-order valence-electron chi connectivity index (χ0n) is 15.7. The third-order valence-electron chi connectivity index (χ3n) is 5.68. The van der Waals surface area contributed by atoms with E-state index in [4.69, 9.17) is 9.15 Å². The molecule has 0 spiro atoms. The normalized spacial score (nSPS) is 20.7. The van der Waals surface area contributed by atoms with Gasteiger partial charge in [-0.3, -0.25) is 9.69 Å². The second-order valence-electron chi connectivity index (χ2n) is 7.81. The van der Waals surface area contributed by atoms with Gasteiger partial charge >= 0.3 is 0 Å². The van der Waals surface area contributed by atoms with E-state index in [1.165, 1.54) is 5.56 Å². The van der Waals surface area contributed by atoms with E-state index in [9.17, 15) is 4.79 Å². The fourth-order valence-electron chi connectivity index (χ4n) is 3.92. The van der Waals surface area contributed by atoms with E-state index in [1.54, 1.807) is 6.26 Å². The molecule has 2 aliphatic rings. The average Bonchev–Trinajstić information content (AvgIpc) is 3.05. The third kappa shape index (κ3) is 4.79. The van der Waals surface area contributed by atoms with E-state index >= 15 is 0 Å². The fourth-order valence-corrected chi connectivity index (χ4v) is 3.92. The van der Waals surface area contributed by atoms with Crippen molar-refractivity contribution in [3.05, 3.63) is 60.1 Å². The quantitative estimate of drug-likeness (QED) is 0.739. The lowest BCUT2D eigenvalue weighted by Crippen LogP contribution is -2.42. The summed E-state index contributed by atoms with van der Waals surface area (Å²) in [5.41, 5.74) is 1.47. The van der Waals surface area contributed by atoms with Gasteiger partial charge in [-0.25, -0.2) is 0 Å². The summed E-state index contributed by atoms with van der Waals surface area (Å²) >= 11 is 0. The van der Waals surface area contributed by atoms with E-state index in [1.807, 2.05) is 18.2 Å². The zero-order valence-corrected chi connectivity index (χ0v) is 15.7. The van der Waals surface area contributed by atoms with Gasteiger partial charge in [-0.2, -0.15) is 0 Å². The number of hydrogen-bond donors (Lipinski definition) is 1. The highest BCUT2D eigenvalue weighted by atomic mass is 16.5. The van der Waals surface area contributed by atoms with Crippen molar-refractivity contribution in [1.82, 2.24) is 10.2 Å². The standard InChI is InChI=1S/C22H28N2O3/c25-21(23-17-22(10-11-22)18-6-2-1-3-7-18)16-24(14-19-8-4-12-26-19)15-20-9-5-13-27-20/h1-4,6-8,12,20H,5,9-11,13-17H2,(H,23,25). The average molecular weight is 368 g/mol. The molecule has 1 aromatic heterocycles. The molecule has 5 nitrogen and oxygen atoms in total. The van der Waals surface area contributed by atoms with Crippen LogP contribution in [-0.2, 0) is 21.5 Å². The molecule has 1 amide bonds. The van der Waals surface area contributed by atoms with E-state index in [0.717, 1.165) is 44.6 Å². The highest BCUT2D eigenvalue weighted by Crippen LogP contribution is 2.47. The van der Waals surface area contributed by atoms with Crippen LogP contribution in [0, 0.1) is 0 Å². The Morgan fingerprint density at radius 3 is 2.70 bits per heavy atom. The Hall–Kier alpha value is -2.11. The molecule has 1 aliphatic carbocycles.